The van der Waals surface area contributed by atoms with Crippen molar-refractivity contribution in [2.45, 2.75) is 20.0 Å². The summed E-state index contributed by atoms with van der Waals surface area (Å²) in [5.41, 5.74) is 6.67. The van der Waals surface area contributed by atoms with Gasteiger partial charge in [0.05, 0.1) is 45.6 Å². The van der Waals surface area contributed by atoms with Crippen LogP contribution >= 0.6 is 0 Å². The Morgan fingerprint density at radius 3 is 1.71 bits per heavy atom. The summed E-state index contributed by atoms with van der Waals surface area (Å²) in [7, 11) is 0. The number of rotatable bonds is 3. The van der Waals surface area contributed by atoms with E-state index in [1.165, 1.54) is 6.07 Å². The lowest BCUT2D eigenvalue weighted by molar-refractivity contribution is -0.137. The Morgan fingerprint density at radius 2 is 1.17 bits per heavy atom. The van der Waals surface area contributed by atoms with Crippen LogP contribution in [0.4, 0.5) is 18.9 Å². The van der Waals surface area contributed by atoms with Crippen LogP contribution in [0.5, 0.6) is 0 Å². The van der Waals surface area contributed by atoms with Gasteiger partial charge in [0, 0.05) is 32.7 Å². The zero-order valence-corrected chi connectivity index (χ0v) is 25.9. The molecule has 8 rings (SSSR count). The fourth-order valence-corrected chi connectivity index (χ4v) is 6.96. The van der Waals surface area contributed by atoms with Gasteiger partial charge in [-0.2, -0.15) is 18.4 Å². The van der Waals surface area contributed by atoms with Crippen molar-refractivity contribution in [2.75, 3.05) is 0 Å². The van der Waals surface area contributed by atoms with E-state index in [4.69, 9.17) is 6.57 Å². The molecule has 0 unspecified atom stereocenters. The molecule has 0 aliphatic heterocycles. The van der Waals surface area contributed by atoms with Crippen LogP contribution in [0.2, 0.25) is 0 Å². The Kier molecular flexibility index (Phi) is 6.44. The van der Waals surface area contributed by atoms with Crippen LogP contribution in [0.25, 0.3) is 71.0 Å². The lowest BCUT2D eigenvalue weighted by Gasteiger charge is -2.20. The van der Waals surface area contributed by atoms with Gasteiger partial charge in [-0.3, -0.25) is 0 Å². The molecule has 0 atom stereocenters. The molecule has 230 valence electrons. The van der Waals surface area contributed by atoms with Gasteiger partial charge in [-0.1, -0.05) is 59.7 Å². The largest absolute Gasteiger partial charge is 0.415 e. The average molecular weight is 631 g/mol. The fourth-order valence-electron chi connectivity index (χ4n) is 6.96. The van der Waals surface area contributed by atoms with Crippen molar-refractivity contribution in [3.8, 4) is 28.6 Å². The van der Waals surface area contributed by atoms with Gasteiger partial charge in [-0.25, -0.2) is 4.85 Å². The first kappa shape index (κ1) is 29.1. The van der Waals surface area contributed by atoms with Crippen LogP contribution in [0.3, 0.4) is 0 Å². The highest BCUT2D eigenvalue weighted by atomic mass is 19.4. The first-order valence-corrected chi connectivity index (χ1v) is 15.3. The molecule has 2 heterocycles. The van der Waals surface area contributed by atoms with Gasteiger partial charge < -0.3 is 9.13 Å². The van der Waals surface area contributed by atoms with Crippen LogP contribution in [-0.4, -0.2) is 9.13 Å². The quantitative estimate of drug-likeness (QED) is 0.179. The third kappa shape index (κ3) is 4.44. The van der Waals surface area contributed by atoms with Crippen LogP contribution in [0, 0.1) is 31.8 Å². The first-order valence-electron chi connectivity index (χ1n) is 15.3. The number of hydrogen-bond donors (Lipinski definition) is 0. The van der Waals surface area contributed by atoms with E-state index in [2.05, 4.69) is 23.0 Å². The van der Waals surface area contributed by atoms with Gasteiger partial charge in [0.25, 0.3) is 0 Å². The summed E-state index contributed by atoms with van der Waals surface area (Å²) in [5, 5.41) is 14.7. The SMILES string of the molecule is [C-]#[N+]c1cc(-c2cc(-n3c4ccccc4c4cc(C)ccc43)c(C#N)cc2-n2c3ccccc3c3cc(C)ccc32)cc(C(F)(F)F)c1. The predicted octanol–water partition coefficient (Wildman–Crippen LogP) is 11.6. The molecule has 48 heavy (non-hydrogen) atoms. The van der Waals surface area contributed by atoms with Crippen LogP contribution in [-0.2, 0) is 6.18 Å². The summed E-state index contributed by atoms with van der Waals surface area (Å²) in [5.74, 6) is 0. The van der Waals surface area contributed by atoms with Crippen molar-refractivity contribution in [2.24, 2.45) is 0 Å². The van der Waals surface area contributed by atoms with Gasteiger partial charge in [0.15, 0.2) is 5.69 Å². The van der Waals surface area contributed by atoms with Crippen molar-refractivity contribution >= 4 is 49.3 Å². The molecule has 0 amide bonds. The normalized spacial score (nSPS) is 11.8. The van der Waals surface area contributed by atoms with E-state index in [0.29, 0.717) is 22.5 Å². The number of aromatic nitrogens is 2. The zero-order chi connectivity index (χ0) is 33.3. The Bertz CT molecular complexity index is 2710. The molecule has 0 bridgehead atoms. The van der Waals surface area contributed by atoms with Crippen molar-refractivity contribution in [3.63, 3.8) is 0 Å². The Balaban J connectivity index is 1.55. The fraction of sp³-hybridized carbons (Fsp3) is 0.0732. The number of nitriles is 1. The average Bonchev–Trinajstić information content (AvgIpc) is 3.59. The van der Waals surface area contributed by atoms with Crippen LogP contribution in [0.15, 0.2) is 115 Å². The van der Waals surface area contributed by atoms with Crippen molar-refractivity contribution in [1.29, 1.82) is 5.26 Å². The maximum atomic E-state index is 14.3. The standard InChI is InChI=1S/C41H25F3N4/c1-24-12-14-37-33(16-24)30-8-4-6-10-35(30)47(37)39-22-32(26-18-28(41(42,43)44)21-29(19-26)46-3)40(20-27(39)23-45)48-36-11-7-5-9-31(36)34-17-25(2)13-15-38(34)48/h4-22H,1-2H3. The van der Waals surface area contributed by atoms with E-state index >= 15 is 0 Å². The lowest BCUT2D eigenvalue weighted by atomic mass is 9.97. The van der Waals surface area contributed by atoms with E-state index < -0.39 is 11.7 Å². The molecule has 0 fully saturated rings. The molecule has 0 N–H and O–H groups in total. The van der Waals surface area contributed by atoms with Crippen molar-refractivity contribution < 1.29 is 13.2 Å². The topological polar surface area (TPSA) is 38.0 Å². The molecule has 7 heteroatoms. The number of fused-ring (bicyclic) bond motifs is 6. The van der Waals surface area contributed by atoms with Gasteiger partial charge in [-0.15, -0.1) is 0 Å². The molecule has 0 aliphatic carbocycles. The zero-order valence-electron chi connectivity index (χ0n) is 25.9. The molecule has 2 aromatic heterocycles. The van der Waals surface area contributed by atoms with E-state index in [0.717, 1.165) is 66.9 Å². The third-order valence-electron chi connectivity index (χ3n) is 9.06. The number of hydrogen-bond acceptors (Lipinski definition) is 1. The van der Waals surface area contributed by atoms with Crippen molar-refractivity contribution in [1.82, 2.24) is 9.13 Å². The third-order valence-corrected chi connectivity index (χ3v) is 9.06. The summed E-state index contributed by atoms with van der Waals surface area (Å²) in [6, 6.07) is 37.4. The van der Waals surface area contributed by atoms with Gasteiger partial charge in [0.1, 0.15) is 6.07 Å². The highest BCUT2D eigenvalue weighted by Crippen LogP contribution is 2.43. The monoisotopic (exact) mass is 630 g/mol. The molecule has 0 radical (unpaired) electrons. The molecular formula is C41H25F3N4. The molecule has 0 aliphatic rings. The summed E-state index contributed by atoms with van der Waals surface area (Å²) in [6.45, 7) is 11.7. The minimum Gasteiger partial charge on any atom is -0.309 e. The lowest BCUT2D eigenvalue weighted by Crippen LogP contribution is -2.06. The van der Waals surface area contributed by atoms with E-state index in [-0.39, 0.29) is 11.3 Å². The number of aryl methyl sites for hydroxylation is 2. The predicted molar refractivity (Wildman–Crippen MR) is 186 cm³/mol. The number of para-hydroxylation sites is 2. The maximum absolute atomic E-state index is 14.3. The Labute approximate surface area is 273 Å². The second-order valence-corrected chi connectivity index (χ2v) is 12.1. The maximum Gasteiger partial charge on any atom is 0.415 e. The highest BCUT2D eigenvalue weighted by Gasteiger charge is 2.32. The first-order chi connectivity index (χ1) is 23.2. The summed E-state index contributed by atoms with van der Waals surface area (Å²) in [6.07, 6.45) is -4.67. The molecule has 4 nitrogen and oxygen atoms in total. The summed E-state index contributed by atoms with van der Waals surface area (Å²) in [4.78, 5) is 3.41. The molecule has 8 aromatic rings. The minimum absolute atomic E-state index is 0.123. The van der Waals surface area contributed by atoms with E-state index in [1.807, 2.05) is 95.8 Å². The van der Waals surface area contributed by atoms with Gasteiger partial charge in [0.2, 0.25) is 0 Å². The Hall–Kier alpha value is -6.31. The molecule has 0 spiro atoms. The number of nitrogens with zero attached hydrogens (tertiary/aromatic N) is 4. The number of alkyl halides is 3. The minimum atomic E-state index is -4.67. The molecule has 6 aromatic carbocycles. The molecule has 0 saturated heterocycles. The molecular weight excluding hydrogens is 605 g/mol. The Morgan fingerprint density at radius 1 is 0.625 bits per heavy atom. The smallest absolute Gasteiger partial charge is 0.309 e. The van der Waals surface area contributed by atoms with E-state index in [1.54, 1.807) is 12.1 Å². The highest BCUT2D eigenvalue weighted by molar-refractivity contribution is 6.11. The second kappa shape index (κ2) is 10.6. The summed E-state index contributed by atoms with van der Waals surface area (Å²) < 4.78 is 46.8. The van der Waals surface area contributed by atoms with Gasteiger partial charge >= 0.3 is 6.18 Å². The van der Waals surface area contributed by atoms with E-state index in [9.17, 15) is 18.4 Å². The van der Waals surface area contributed by atoms with Crippen LogP contribution < -0.4 is 0 Å². The molecule has 0 saturated carbocycles. The second-order valence-electron chi connectivity index (χ2n) is 12.1. The van der Waals surface area contributed by atoms with Gasteiger partial charge in [-0.05, 0) is 86.1 Å². The number of halogens is 3. The van der Waals surface area contributed by atoms with Crippen LogP contribution in [0.1, 0.15) is 22.3 Å². The number of benzene rings is 6. The summed E-state index contributed by atoms with van der Waals surface area (Å²) >= 11 is 0. The van der Waals surface area contributed by atoms with Crippen molar-refractivity contribution in [3.05, 3.63) is 149 Å².